The summed E-state index contributed by atoms with van der Waals surface area (Å²) < 4.78 is 15.9. The van der Waals surface area contributed by atoms with Gasteiger partial charge in [-0.05, 0) is 28.5 Å². The number of carboxylic acid groups (broad SMARTS) is 1. The maximum absolute atomic E-state index is 11.1. The third-order valence-corrected chi connectivity index (χ3v) is 3.71. The van der Waals surface area contributed by atoms with E-state index in [2.05, 4.69) is 0 Å². The topological polar surface area (TPSA) is 85.2 Å². The highest BCUT2D eigenvalue weighted by atomic mass is 32.1. The summed E-state index contributed by atoms with van der Waals surface area (Å²) in [5.41, 5.74) is 1.06. The van der Waals surface area contributed by atoms with Crippen LogP contribution in [-0.4, -0.2) is 48.9 Å². The summed E-state index contributed by atoms with van der Waals surface area (Å²) in [7, 11) is 0. The van der Waals surface area contributed by atoms with Crippen molar-refractivity contribution >= 4 is 17.3 Å². The molecule has 1 aliphatic heterocycles. The van der Waals surface area contributed by atoms with E-state index < -0.39 is 12.3 Å². The van der Waals surface area contributed by atoms with Gasteiger partial charge in [-0.1, -0.05) is 0 Å². The minimum atomic E-state index is -1.10. The fraction of sp³-hybridized carbons (Fsp3) is 0.500. The number of hydrogen-bond acceptors (Lipinski definition) is 6. The summed E-state index contributed by atoms with van der Waals surface area (Å²) in [4.78, 5) is 11.1. The molecule has 0 saturated heterocycles. The summed E-state index contributed by atoms with van der Waals surface area (Å²) in [5, 5.41) is 21.7. The maximum atomic E-state index is 11.1. The number of aliphatic hydroxyl groups excluding tert-OH is 1. The smallest absolute Gasteiger partial charge is 0.370 e. The Kier molecular flexibility index (Phi) is 6.19. The average molecular weight is 314 g/mol. The number of rotatable bonds is 8. The van der Waals surface area contributed by atoms with Crippen molar-refractivity contribution in [3.8, 4) is 0 Å². The van der Waals surface area contributed by atoms with E-state index in [-0.39, 0.29) is 31.5 Å². The van der Waals surface area contributed by atoms with Crippen molar-refractivity contribution in [2.75, 3.05) is 26.4 Å². The molecule has 0 unspecified atom stereocenters. The van der Waals surface area contributed by atoms with E-state index in [1.807, 2.05) is 16.8 Å². The molecule has 0 spiro atoms. The molecule has 0 fully saturated rings. The van der Waals surface area contributed by atoms with Gasteiger partial charge in [-0.2, -0.15) is 11.3 Å². The fourth-order valence-corrected chi connectivity index (χ4v) is 2.76. The summed E-state index contributed by atoms with van der Waals surface area (Å²) in [6.45, 7) is 0.836. The van der Waals surface area contributed by atoms with Crippen molar-refractivity contribution in [2.24, 2.45) is 0 Å². The average Bonchev–Trinajstić information content (AvgIpc) is 3.01. The van der Waals surface area contributed by atoms with E-state index >= 15 is 0 Å². The second kappa shape index (κ2) is 8.14. The minimum absolute atomic E-state index is 0.0283. The first-order valence-electron chi connectivity index (χ1n) is 6.64. The normalized spacial score (nSPS) is 21.7. The van der Waals surface area contributed by atoms with Crippen LogP contribution in [0, 0.1) is 0 Å². The molecule has 6 nitrogen and oxygen atoms in total. The van der Waals surface area contributed by atoms with Crippen molar-refractivity contribution in [3.05, 3.63) is 34.2 Å². The van der Waals surface area contributed by atoms with Gasteiger partial charge in [-0.3, -0.25) is 0 Å². The van der Waals surface area contributed by atoms with Gasteiger partial charge in [-0.15, -0.1) is 0 Å². The van der Waals surface area contributed by atoms with Crippen molar-refractivity contribution in [1.29, 1.82) is 0 Å². The summed E-state index contributed by atoms with van der Waals surface area (Å²) >= 11 is 1.57. The Morgan fingerprint density at radius 3 is 2.95 bits per heavy atom. The molecule has 7 heteroatoms. The van der Waals surface area contributed by atoms with E-state index in [1.54, 1.807) is 17.4 Å². The quantitative estimate of drug-likeness (QED) is 0.709. The molecule has 0 saturated carbocycles. The number of aliphatic carboxylic acids is 1. The van der Waals surface area contributed by atoms with Gasteiger partial charge in [-0.25, -0.2) is 4.79 Å². The summed E-state index contributed by atoms with van der Waals surface area (Å²) in [5.74, 6) is -1.21. The number of allylic oxidation sites excluding steroid dienone is 1. The van der Waals surface area contributed by atoms with Crippen molar-refractivity contribution in [3.63, 3.8) is 0 Å². The zero-order valence-corrected chi connectivity index (χ0v) is 12.3. The first-order valence-corrected chi connectivity index (χ1v) is 7.59. The Hall–Kier alpha value is -1.41. The minimum Gasteiger partial charge on any atom is -0.475 e. The number of aliphatic hydroxyl groups is 1. The molecule has 1 aromatic heterocycles. The van der Waals surface area contributed by atoms with Crippen LogP contribution in [0.5, 0.6) is 0 Å². The molecule has 0 radical (unpaired) electrons. The molecule has 0 bridgehead atoms. The van der Waals surface area contributed by atoms with Crippen LogP contribution in [0.4, 0.5) is 0 Å². The number of thiophene rings is 1. The van der Waals surface area contributed by atoms with Gasteiger partial charge < -0.3 is 24.4 Å². The Labute approximate surface area is 126 Å². The second-order valence-corrected chi connectivity index (χ2v) is 5.27. The number of hydrogen-bond donors (Lipinski definition) is 2. The molecule has 2 atom stereocenters. The molecule has 2 N–H and O–H groups in total. The lowest BCUT2D eigenvalue weighted by molar-refractivity contribution is -0.160. The molecule has 2 heterocycles. The van der Waals surface area contributed by atoms with Crippen LogP contribution in [0.2, 0.25) is 0 Å². The summed E-state index contributed by atoms with van der Waals surface area (Å²) in [6.07, 6.45) is 1.57. The predicted octanol–water partition coefficient (Wildman–Crippen LogP) is 1.57. The van der Waals surface area contributed by atoms with Gasteiger partial charge in [0.05, 0.1) is 26.4 Å². The van der Waals surface area contributed by atoms with Crippen LogP contribution in [0.15, 0.2) is 28.7 Å². The van der Waals surface area contributed by atoms with Gasteiger partial charge in [0.2, 0.25) is 12.0 Å². The van der Waals surface area contributed by atoms with E-state index in [4.69, 9.17) is 24.4 Å². The SMILES string of the molecule is O=C(O)C1=C[C@@H](c2ccsc2)C[C@@H](OCCOCCO)O1. The number of carbonyl (C=O) groups is 1. The van der Waals surface area contributed by atoms with Crippen LogP contribution in [-0.2, 0) is 19.0 Å². The zero-order chi connectivity index (χ0) is 15.1. The molecule has 0 aliphatic carbocycles. The molecule has 1 aliphatic rings. The van der Waals surface area contributed by atoms with E-state index in [0.29, 0.717) is 13.0 Å². The molecular weight excluding hydrogens is 296 g/mol. The lowest BCUT2D eigenvalue weighted by Gasteiger charge is -2.27. The molecule has 1 aromatic rings. The Balaban J connectivity index is 1.92. The van der Waals surface area contributed by atoms with Gasteiger partial charge in [0.15, 0.2) is 0 Å². The predicted molar refractivity (Wildman–Crippen MR) is 76.1 cm³/mol. The van der Waals surface area contributed by atoms with Crippen molar-refractivity contribution in [1.82, 2.24) is 0 Å². The van der Waals surface area contributed by atoms with Gasteiger partial charge in [0.1, 0.15) is 0 Å². The Morgan fingerprint density at radius 1 is 1.43 bits per heavy atom. The van der Waals surface area contributed by atoms with Crippen molar-refractivity contribution < 1.29 is 29.2 Å². The maximum Gasteiger partial charge on any atom is 0.370 e. The lowest BCUT2D eigenvalue weighted by Crippen LogP contribution is -2.28. The van der Waals surface area contributed by atoms with Crippen LogP contribution >= 0.6 is 11.3 Å². The molecule has 0 amide bonds. The standard InChI is InChI=1S/C14H18O6S/c15-2-3-18-4-5-19-13-8-11(10-1-6-21-9-10)7-12(20-13)14(16)17/h1,6-7,9,11,13,15H,2-5,8H2,(H,16,17)/t11-,13+/m1/s1. The molecule has 21 heavy (non-hydrogen) atoms. The fourth-order valence-electron chi connectivity index (χ4n) is 2.03. The highest BCUT2D eigenvalue weighted by molar-refractivity contribution is 7.08. The van der Waals surface area contributed by atoms with Crippen LogP contribution in [0.3, 0.4) is 0 Å². The second-order valence-electron chi connectivity index (χ2n) is 4.49. The van der Waals surface area contributed by atoms with E-state index in [9.17, 15) is 4.79 Å². The lowest BCUT2D eigenvalue weighted by atomic mass is 9.95. The molecular formula is C14H18O6S. The highest BCUT2D eigenvalue weighted by Gasteiger charge is 2.28. The number of ether oxygens (including phenoxy) is 3. The zero-order valence-electron chi connectivity index (χ0n) is 11.4. The third kappa shape index (κ3) is 4.82. The van der Waals surface area contributed by atoms with Crippen LogP contribution in [0.1, 0.15) is 17.9 Å². The van der Waals surface area contributed by atoms with Crippen LogP contribution < -0.4 is 0 Å². The monoisotopic (exact) mass is 314 g/mol. The summed E-state index contributed by atoms with van der Waals surface area (Å²) in [6, 6.07) is 1.97. The van der Waals surface area contributed by atoms with Gasteiger partial charge in [0.25, 0.3) is 0 Å². The van der Waals surface area contributed by atoms with E-state index in [0.717, 1.165) is 5.56 Å². The van der Waals surface area contributed by atoms with E-state index in [1.165, 1.54) is 0 Å². The largest absolute Gasteiger partial charge is 0.475 e. The highest BCUT2D eigenvalue weighted by Crippen LogP contribution is 2.32. The van der Waals surface area contributed by atoms with Crippen molar-refractivity contribution in [2.45, 2.75) is 18.6 Å². The molecule has 2 rings (SSSR count). The van der Waals surface area contributed by atoms with Crippen LogP contribution in [0.25, 0.3) is 0 Å². The third-order valence-electron chi connectivity index (χ3n) is 3.01. The first-order chi connectivity index (χ1) is 10.2. The number of carboxylic acids is 1. The van der Waals surface area contributed by atoms with Gasteiger partial charge >= 0.3 is 5.97 Å². The van der Waals surface area contributed by atoms with Gasteiger partial charge in [0, 0.05) is 12.3 Å². The Morgan fingerprint density at radius 2 is 2.29 bits per heavy atom. The Bertz CT molecular complexity index is 470. The first kappa shape index (κ1) is 16.0. The molecule has 0 aromatic carbocycles. The molecule has 116 valence electrons.